The van der Waals surface area contributed by atoms with E-state index in [9.17, 15) is 20.2 Å². The van der Waals surface area contributed by atoms with Crippen LogP contribution in [-0.2, 0) is 4.79 Å². The average molecular weight is 452 g/mol. The summed E-state index contributed by atoms with van der Waals surface area (Å²) in [6.45, 7) is 0.274. The van der Waals surface area contributed by atoms with Crippen LogP contribution in [0, 0.1) is 21.4 Å². The molecule has 164 valence electrons. The lowest BCUT2D eigenvalue weighted by molar-refractivity contribution is -0.384. The van der Waals surface area contributed by atoms with Crippen LogP contribution in [0.3, 0.4) is 0 Å². The van der Waals surface area contributed by atoms with E-state index in [-0.39, 0.29) is 24.7 Å². The van der Waals surface area contributed by atoms with Crippen molar-refractivity contribution in [2.24, 2.45) is 0 Å². The summed E-state index contributed by atoms with van der Waals surface area (Å²) in [5.41, 5.74) is 1.80. The summed E-state index contributed by atoms with van der Waals surface area (Å²) in [6.07, 6.45) is 0.0711. The number of rotatable bonds is 5. The third-order valence-electron chi connectivity index (χ3n) is 5.50. The van der Waals surface area contributed by atoms with Gasteiger partial charge in [0.05, 0.1) is 54.0 Å². The van der Waals surface area contributed by atoms with Crippen molar-refractivity contribution >= 4 is 29.0 Å². The Morgan fingerprint density at radius 1 is 1.22 bits per heavy atom. The molecule has 0 spiro atoms. The lowest BCUT2D eigenvalue weighted by Gasteiger charge is -2.42. The number of carbonyl (C=O) groups excluding carboxylic acids is 1. The van der Waals surface area contributed by atoms with Gasteiger partial charge >= 0.3 is 0 Å². The summed E-state index contributed by atoms with van der Waals surface area (Å²) in [5, 5.41) is 21.7. The van der Waals surface area contributed by atoms with E-state index in [1.54, 1.807) is 37.3 Å². The Labute approximate surface area is 189 Å². The summed E-state index contributed by atoms with van der Waals surface area (Å²) in [6, 6.07) is 13.9. The molecule has 1 amide bonds. The van der Waals surface area contributed by atoms with E-state index in [2.05, 4.69) is 6.07 Å². The second-order valence-corrected chi connectivity index (χ2v) is 8.19. The lowest BCUT2D eigenvalue weighted by Crippen LogP contribution is -2.47. The van der Waals surface area contributed by atoms with Gasteiger partial charge in [0.25, 0.3) is 5.69 Å². The molecule has 9 nitrogen and oxygen atoms in total. The monoisotopic (exact) mass is 452 g/mol. The van der Waals surface area contributed by atoms with Gasteiger partial charge in [0.15, 0.2) is 0 Å². The topological polar surface area (TPSA) is 109 Å². The molecule has 0 N–H and O–H groups in total. The second kappa shape index (κ2) is 8.80. The van der Waals surface area contributed by atoms with Crippen molar-refractivity contribution in [3.8, 4) is 17.6 Å². The van der Waals surface area contributed by atoms with Gasteiger partial charge in [0, 0.05) is 30.5 Å². The number of benzene rings is 2. The number of carbonyl (C=O) groups is 1. The van der Waals surface area contributed by atoms with Crippen molar-refractivity contribution in [1.82, 2.24) is 4.90 Å². The molecule has 1 fully saturated rings. The highest BCUT2D eigenvalue weighted by Crippen LogP contribution is 2.45. The fourth-order valence-electron chi connectivity index (χ4n) is 3.90. The maximum atomic E-state index is 13.1. The molecule has 2 aliphatic heterocycles. The van der Waals surface area contributed by atoms with Crippen LogP contribution >= 0.6 is 11.8 Å². The molecule has 1 saturated heterocycles. The Balaban J connectivity index is 1.67. The highest BCUT2D eigenvalue weighted by molar-refractivity contribution is 8.03. The standard InChI is InChI=1S/C22H20N4O5S/c1-30-16-6-7-19(20(9-16)31-2)24-12-25-21(27)10-17(18(11-23)22(25)32-13-24)14-4-3-5-15(8-14)26(28)29/h3-9,17H,10,12-13H2,1-2H3. The first-order chi connectivity index (χ1) is 15.5. The number of nitro groups is 1. The first-order valence-corrected chi connectivity index (χ1v) is 10.7. The number of hydrogen-bond donors (Lipinski definition) is 0. The van der Waals surface area contributed by atoms with Crippen LogP contribution in [0.1, 0.15) is 17.9 Å². The average Bonchev–Trinajstić information content (AvgIpc) is 2.83. The van der Waals surface area contributed by atoms with E-state index in [4.69, 9.17) is 9.47 Å². The maximum absolute atomic E-state index is 13.1. The minimum Gasteiger partial charge on any atom is -0.497 e. The fourth-order valence-corrected chi connectivity index (χ4v) is 5.06. The molecular formula is C22H20N4O5S. The first kappa shape index (κ1) is 21.5. The molecule has 2 aromatic carbocycles. The summed E-state index contributed by atoms with van der Waals surface area (Å²) in [7, 11) is 3.15. The molecule has 1 atom stereocenters. The summed E-state index contributed by atoms with van der Waals surface area (Å²) in [4.78, 5) is 27.4. The van der Waals surface area contributed by atoms with Crippen LogP contribution in [0.2, 0.25) is 0 Å². The van der Waals surface area contributed by atoms with Crippen LogP contribution in [-0.4, -0.2) is 42.5 Å². The molecule has 2 heterocycles. The number of methoxy groups -OCH3 is 2. The van der Waals surface area contributed by atoms with Gasteiger partial charge in [-0.25, -0.2) is 0 Å². The second-order valence-electron chi connectivity index (χ2n) is 7.25. The minimum atomic E-state index is -0.506. The van der Waals surface area contributed by atoms with E-state index in [0.29, 0.717) is 33.5 Å². The number of nitrogens with zero attached hydrogens (tertiary/aromatic N) is 4. The number of amides is 1. The van der Waals surface area contributed by atoms with Crippen LogP contribution in [0.25, 0.3) is 0 Å². The fraction of sp³-hybridized carbons (Fsp3) is 0.273. The Kier molecular flexibility index (Phi) is 5.92. The maximum Gasteiger partial charge on any atom is 0.269 e. The Morgan fingerprint density at radius 2 is 2.03 bits per heavy atom. The zero-order valence-electron chi connectivity index (χ0n) is 17.5. The first-order valence-electron chi connectivity index (χ1n) is 9.75. The summed E-state index contributed by atoms with van der Waals surface area (Å²) < 4.78 is 10.8. The van der Waals surface area contributed by atoms with Gasteiger partial charge in [-0.3, -0.25) is 19.8 Å². The van der Waals surface area contributed by atoms with E-state index < -0.39 is 10.8 Å². The number of nitro benzene ring substituents is 1. The van der Waals surface area contributed by atoms with Gasteiger partial charge in [-0.05, 0) is 17.7 Å². The minimum absolute atomic E-state index is 0.0614. The number of hydrogen-bond acceptors (Lipinski definition) is 8. The molecule has 2 aromatic rings. The van der Waals surface area contributed by atoms with Crippen LogP contribution in [0.15, 0.2) is 53.1 Å². The summed E-state index contributed by atoms with van der Waals surface area (Å²) in [5.74, 6) is 1.15. The number of fused-ring (bicyclic) bond motifs is 1. The Bertz CT molecular complexity index is 1160. The Hall–Kier alpha value is -3.71. The molecule has 32 heavy (non-hydrogen) atoms. The quantitative estimate of drug-likeness (QED) is 0.497. The molecule has 0 saturated carbocycles. The molecule has 0 aromatic heterocycles. The van der Waals surface area contributed by atoms with Crippen molar-refractivity contribution in [2.75, 3.05) is 31.7 Å². The van der Waals surface area contributed by atoms with Gasteiger partial charge in [-0.15, -0.1) is 0 Å². The van der Waals surface area contributed by atoms with Crippen molar-refractivity contribution in [2.45, 2.75) is 12.3 Å². The van der Waals surface area contributed by atoms with E-state index >= 15 is 0 Å². The van der Waals surface area contributed by atoms with Crippen LogP contribution in [0.5, 0.6) is 11.5 Å². The zero-order chi connectivity index (χ0) is 22.8. The van der Waals surface area contributed by atoms with Crippen molar-refractivity contribution in [1.29, 1.82) is 5.26 Å². The molecular weight excluding hydrogens is 432 g/mol. The van der Waals surface area contributed by atoms with Gasteiger partial charge < -0.3 is 14.4 Å². The van der Waals surface area contributed by atoms with E-state index in [1.165, 1.54) is 23.9 Å². The van der Waals surface area contributed by atoms with Gasteiger partial charge in [-0.2, -0.15) is 5.26 Å². The molecule has 4 rings (SSSR count). The molecule has 0 bridgehead atoms. The van der Waals surface area contributed by atoms with Gasteiger partial charge in [0.1, 0.15) is 11.5 Å². The largest absolute Gasteiger partial charge is 0.497 e. The predicted octanol–water partition coefficient (Wildman–Crippen LogP) is 3.83. The SMILES string of the molecule is COc1ccc(N2CSC3=C(C#N)C(c4cccc([N+](=O)[O-])c4)CC(=O)N3C2)c(OC)c1. The van der Waals surface area contributed by atoms with E-state index in [1.807, 2.05) is 17.0 Å². The van der Waals surface area contributed by atoms with Crippen LogP contribution < -0.4 is 14.4 Å². The number of non-ortho nitro benzene ring substituents is 1. The normalized spacial score (nSPS) is 18.2. The zero-order valence-corrected chi connectivity index (χ0v) is 18.3. The molecule has 1 unspecified atom stereocenters. The van der Waals surface area contributed by atoms with E-state index in [0.717, 1.165) is 5.69 Å². The smallest absolute Gasteiger partial charge is 0.269 e. The van der Waals surface area contributed by atoms with Gasteiger partial charge in [0.2, 0.25) is 5.91 Å². The Morgan fingerprint density at radius 3 is 2.72 bits per heavy atom. The van der Waals surface area contributed by atoms with Gasteiger partial charge in [-0.1, -0.05) is 23.9 Å². The molecule has 0 aliphatic carbocycles. The summed E-state index contributed by atoms with van der Waals surface area (Å²) >= 11 is 1.39. The number of ether oxygens (including phenoxy) is 2. The molecule has 2 aliphatic rings. The predicted molar refractivity (Wildman–Crippen MR) is 119 cm³/mol. The van der Waals surface area contributed by atoms with Crippen molar-refractivity contribution in [3.63, 3.8) is 0 Å². The number of nitriles is 1. The number of anilines is 1. The third-order valence-corrected chi connectivity index (χ3v) is 6.66. The highest BCUT2D eigenvalue weighted by Gasteiger charge is 2.39. The number of allylic oxidation sites excluding steroid dienone is 1. The van der Waals surface area contributed by atoms with Crippen LogP contribution in [0.4, 0.5) is 11.4 Å². The van der Waals surface area contributed by atoms with Crippen molar-refractivity contribution < 1.29 is 19.2 Å². The molecule has 0 radical (unpaired) electrons. The number of thioether (sulfide) groups is 1. The third kappa shape index (κ3) is 3.83. The molecule has 10 heteroatoms. The van der Waals surface area contributed by atoms with Crippen molar-refractivity contribution in [3.05, 3.63) is 68.7 Å². The highest BCUT2D eigenvalue weighted by atomic mass is 32.2. The lowest BCUT2D eigenvalue weighted by atomic mass is 9.86.